The van der Waals surface area contributed by atoms with Crippen LogP contribution in [0.15, 0.2) is 24.3 Å². The topological polar surface area (TPSA) is 83.6 Å². The highest BCUT2D eigenvalue weighted by Gasteiger charge is 2.18. The highest BCUT2D eigenvalue weighted by atomic mass is 32.2. The Balaban J connectivity index is 2.85. The number of anilines is 1. The summed E-state index contributed by atoms with van der Waals surface area (Å²) in [5.41, 5.74) is 6.71. The first-order chi connectivity index (χ1) is 7.47. The number of sulfonamides is 1. The number of nitrogens with two attached hydrogens (primary N) is 1. The summed E-state index contributed by atoms with van der Waals surface area (Å²) < 4.78 is 24.7. The highest BCUT2D eigenvalue weighted by molar-refractivity contribution is 7.88. The number of hydrogen-bond donors (Lipinski definition) is 2. The van der Waals surface area contributed by atoms with Crippen LogP contribution in [0.5, 0.6) is 0 Å². The van der Waals surface area contributed by atoms with Crippen molar-refractivity contribution in [1.29, 1.82) is 0 Å². The minimum Gasteiger partial charge on any atom is -0.398 e. The maximum absolute atomic E-state index is 11.8. The van der Waals surface area contributed by atoms with Crippen LogP contribution in [0.3, 0.4) is 0 Å². The minimum atomic E-state index is -3.40. The van der Waals surface area contributed by atoms with Crippen LogP contribution in [0.4, 0.5) is 5.69 Å². The van der Waals surface area contributed by atoms with E-state index in [0.717, 1.165) is 4.31 Å². The van der Waals surface area contributed by atoms with Gasteiger partial charge in [0.05, 0.1) is 12.4 Å². The number of aliphatic hydroxyl groups excluding tert-OH is 1. The van der Waals surface area contributed by atoms with E-state index in [1.807, 2.05) is 0 Å². The van der Waals surface area contributed by atoms with E-state index in [9.17, 15) is 8.42 Å². The summed E-state index contributed by atoms with van der Waals surface area (Å²) in [5, 5.41) is 8.69. The lowest BCUT2D eigenvalue weighted by molar-refractivity contribution is 0.266. The molecule has 16 heavy (non-hydrogen) atoms. The van der Waals surface area contributed by atoms with Gasteiger partial charge < -0.3 is 10.8 Å². The molecule has 0 aromatic heterocycles. The predicted octanol–water partition coefficient (Wildman–Crippen LogP) is 0.0227. The Morgan fingerprint density at radius 2 is 2.00 bits per heavy atom. The smallest absolute Gasteiger partial charge is 0.218 e. The molecule has 5 nitrogen and oxygen atoms in total. The van der Waals surface area contributed by atoms with Crippen LogP contribution in [0, 0.1) is 0 Å². The number of benzene rings is 1. The van der Waals surface area contributed by atoms with Crippen LogP contribution in [-0.2, 0) is 15.8 Å². The molecule has 3 N–H and O–H groups in total. The van der Waals surface area contributed by atoms with Crippen molar-refractivity contribution in [1.82, 2.24) is 4.31 Å². The van der Waals surface area contributed by atoms with E-state index in [1.165, 1.54) is 7.05 Å². The molecule has 0 bridgehead atoms. The SMILES string of the molecule is CN(CCO)S(=O)(=O)Cc1ccccc1N. The Kier molecular flexibility index (Phi) is 4.28. The van der Waals surface area contributed by atoms with Crippen LogP contribution in [0.25, 0.3) is 0 Å². The first-order valence-corrected chi connectivity index (χ1v) is 6.46. The second kappa shape index (κ2) is 5.29. The molecule has 0 atom stereocenters. The second-order valence-electron chi connectivity index (χ2n) is 3.50. The van der Waals surface area contributed by atoms with Gasteiger partial charge in [0.25, 0.3) is 0 Å². The van der Waals surface area contributed by atoms with Gasteiger partial charge in [-0.1, -0.05) is 18.2 Å². The van der Waals surface area contributed by atoms with Gasteiger partial charge in [-0.3, -0.25) is 0 Å². The highest BCUT2D eigenvalue weighted by Crippen LogP contribution is 2.15. The summed E-state index contributed by atoms with van der Waals surface area (Å²) >= 11 is 0. The zero-order chi connectivity index (χ0) is 12.2. The predicted molar refractivity (Wildman–Crippen MR) is 63.2 cm³/mol. The first kappa shape index (κ1) is 13.0. The third kappa shape index (κ3) is 3.19. The Hall–Kier alpha value is -1.11. The van der Waals surface area contributed by atoms with Crippen LogP contribution >= 0.6 is 0 Å². The zero-order valence-corrected chi connectivity index (χ0v) is 9.94. The number of hydrogen-bond acceptors (Lipinski definition) is 4. The maximum Gasteiger partial charge on any atom is 0.218 e. The Morgan fingerprint density at radius 1 is 1.38 bits per heavy atom. The van der Waals surface area contributed by atoms with Crippen molar-refractivity contribution in [2.45, 2.75) is 5.75 Å². The molecule has 1 rings (SSSR count). The van der Waals surface area contributed by atoms with Crippen molar-refractivity contribution >= 4 is 15.7 Å². The van der Waals surface area contributed by atoms with E-state index < -0.39 is 10.0 Å². The summed E-state index contributed by atoms with van der Waals surface area (Å²) in [5.74, 6) is -0.143. The van der Waals surface area contributed by atoms with Gasteiger partial charge in [0.15, 0.2) is 0 Å². The molecular formula is C10H16N2O3S. The quantitative estimate of drug-likeness (QED) is 0.715. The molecule has 0 unspecified atom stereocenters. The van der Waals surface area contributed by atoms with Gasteiger partial charge in [-0.2, -0.15) is 0 Å². The van der Waals surface area contributed by atoms with Crippen molar-refractivity contribution in [3.8, 4) is 0 Å². The summed E-state index contributed by atoms with van der Waals surface area (Å²) in [6.45, 7) is -0.102. The van der Waals surface area contributed by atoms with E-state index in [2.05, 4.69) is 0 Å². The summed E-state index contributed by atoms with van der Waals surface area (Å²) in [7, 11) is -1.97. The third-order valence-electron chi connectivity index (χ3n) is 2.28. The fourth-order valence-electron chi connectivity index (χ4n) is 1.25. The van der Waals surface area contributed by atoms with Crippen molar-refractivity contribution < 1.29 is 13.5 Å². The Bertz CT molecular complexity index is 445. The van der Waals surface area contributed by atoms with Crippen LogP contribution < -0.4 is 5.73 Å². The number of nitrogens with zero attached hydrogens (tertiary/aromatic N) is 1. The monoisotopic (exact) mass is 244 g/mol. The normalized spacial score (nSPS) is 11.9. The van der Waals surface area contributed by atoms with E-state index in [0.29, 0.717) is 11.3 Å². The van der Waals surface area contributed by atoms with E-state index in [-0.39, 0.29) is 18.9 Å². The first-order valence-electron chi connectivity index (χ1n) is 4.85. The van der Waals surface area contributed by atoms with E-state index >= 15 is 0 Å². The van der Waals surface area contributed by atoms with Crippen LogP contribution in [0.1, 0.15) is 5.56 Å². The van der Waals surface area contributed by atoms with Gasteiger partial charge >= 0.3 is 0 Å². The molecule has 0 amide bonds. The summed E-state index contributed by atoms with van der Waals surface area (Å²) in [6, 6.07) is 6.84. The molecular weight excluding hydrogens is 228 g/mol. The number of nitrogen functional groups attached to an aromatic ring is 1. The molecule has 0 spiro atoms. The molecule has 1 aromatic rings. The van der Waals surface area contributed by atoms with E-state index in [1.54, 1.807) is 24.3 Å². The standard InChI is InChI=1S/C10H16N2O3S/c1-12(6-7-13)16(14,15)8-9-4-2-3-5-10(9)11/h2-5,13H,6-8,11H2,1H3. The molecule has 0 fully saturated rings. The van der Waals surface area contributed by atoms with Crippen molar-refractivity contribution in [2.24, 2.45) is 0 Å². The van der Waals surface area contributed by atoms with Crippen LogP contribution in [0.2, 0.25) is 0 Å². The molecule has 0 aliphatic rings. The lowest BCUT2D eigenvalue weighted by Gasteiger charge is -2.16. The van der Waals surface area contributed by atoms with Crippen molar-refractivity contribution in [2.75, 3.05) is 25.9 Å². The van der Waals surface area contributed by atoms with Gasteiger partial charge in [-0.05, 0) is 11.6 Å². The maximum atomic E-state index is 11.8. The van der Waals surface area contributed by atoms with Gasteiger partial charge in [-0.25, -0.2) is 12.7 Å². The molecule has 0 aliphatic carbocycles. The Morgan fingerprint density at radius 3 is 2.56 bits per heavy atom. The molecule has 1 aromatic carbocycles. The largest absolute Gasteiger partial charge is 0.398 e. The molecule has 90 valence electrons. The summed E-state index contributed by atoms with van der Waals surface area (Å²) in [6.07, 6.45) is 0. The average molecular weight is 244 g/mol. The van der Waals surface area contributed by atoms with Gasteiger partial charge in [-0.15, -0.1) is 0 Å². The van der Waals surface area contributed by atoms with E-state index in [4.69, 9.17) is 10.8 Å². The Labute approximate surface area is 95.5 Å². The molecule has 6 heteroatoms. The minimum absolute atomic E-state index is 0.0923. The number of para-hydroxylation sites is 1. The van der Waals surface area contributed by atoms with Gasteiger partial charge in [0, 0.05) is 19.3 Å². The fraction of sp³-hybridized carbons (Fsp3) is 0.400. The van der Waals surface area contributed by atoms with Gasteiger partial charge in [0.1, 0.15) is 0 Å². The molecule has 0 radical (unpaired) electrons. The molecule has 0 aliphatic heterocycles. The van der Waals surface area contributed by atoms with Crippen LogP contribution in [-0.4, -0.2) is 38.0 Å². The van der Waals surface area contributed by atoms with Crippen molar-refractivity contribution in [3.05, 3.63) is 29.8 Å². The third-order valence-corrected chi connectivity index (χ3v) is 4.09. The summed E-state index contributed by atoms with van der Waals surface area (Å²) in [4.78, 5) is 0. The average Bonchev–Trinajstić information content (AvgIpc) is 2.21. The molecule has 0 heterocycles. The fourth-order valence-corrected chi connectivity index (χ4v) is 2.49. The van der Waals surface area contributed by atoms with Crippen molar-refractivity contribution in [3.63, 3.8) is 0 Å². The number of likely N-dealkylation sites (N-methyl/N-ethyl adjacent to an activating group) is 1. The second-order valence-corrected chi connectivity index (χ2v) is 5.58. The lowest BCUT2D eigenvalue weighted by Crippen LogP contribution is -2.30. The molecule has 0 saturated heterocycles. The van der Waals surface area contributed by atoms with Gasteiger partial charge in [0.2, 0.25) is 10.0 Å². The number of aliphatic hydroxyl groups is 1. The number of rotatable bonds is 5. The lowest BCUT2D eigenvalue weighted by atomic mass is 10.2. The molecule has 0 saturated carbocycles. The zero-order valence-electron chi connectivity index (χ0n) is 9.13.